The maximum atomic E-state index is 11.5. The summed E-state index contributed by atoms with van der Waals surface area (Å²) in [5, 5.41) is 8.87. The van der Waals surface area contributed by atoms with Crippen LogP contribution in [0.15, 0.2) is 61.1 Å². The van der Waals surface area contributed by atoms with Crippen LogP contribution in [0.4, 0.5) is 0 Å². The summed E-state index contributed by atoms with van der Waals surface area (Å²) < 4.78 is 2.08. The Kier molecular flexibility index (Phi) is 4.91. The Balaban J connectivity index is 1.72. The molecule has 0 aliphatic carbocycles. The Bertz CT molecular complexity index is 919. The molecule has 5 nitrogen and oxygen atoms in total. The number of primary amides is 1. The molecule has 0 aliphatic rings. The van der Waals surface area contributed by atoms with Crippen LogP contribution >= 0.6 is 0 Å². The summed E-state index contributed by atoms with van der Waals surface area (Å²) in [7, 11) is 0. The molecule has 0 atom stereocenters. The number of nitriles is 1. The molecule has 1 aromatic heterocycles. The second kappa shape index (κ2) is 7.45. The van der Waals surface area contributed by atoms with Gasteiger partial charge in [-0.2, -0.15) is 5.26 Å². The summed E-state index contributed by atoms with van der Waals surface area (Å²) in [5.41, 5.74) is 9.80. The van der Waals surface area contributed by atoms with Gasteiger partial charge < -0.3 is 10.3 Å². The number of hydrogen-bond acceptors (Lipinski definition) is 3. The van der Waals surface area contributed by atoms with Crippen LogP contribution in [-0.2, 0) is 19.4 Å². The normalized spacial score (nSPS) is 10.4. The second-order valence-corrected chi connectivity index (χ2v) is 5.84. The van der Waals surface area contributed by atoms with E-state index >= 15 is 0 Å². The standard InChI is InChI=1S/C20H18N4O/c21-11-15-5-7-16(8-6-15)13-24-14-23-12-18(24)10-9-17-3-1-2-4-19(17)20(22)25/h1-8,12,14H,9-10,13H2,(H2,22,25). The minimum Gasteiger partial charge on any atom is -0.366 e. The van der Waals surface area contributed by atoms with E-state index in [1.54, 1.807) is 12.4 Å². The highest BCUT2D eigenvalue weighted by molar-refractivity contribution is 5.94. The summed E-state index contributed by atoms with van der Waals surface area (Å²) in [6.07, 6.45) is 5.13. The fourth-order valence-electron chi connectivity index (χ4n) is 2.82. The molecule has 1 amide bonds. The van der Waals surface area contributed by atoms with Crippen LogP contribution < -0.4 is 5.73 Å². The number of carbonyl (C=O) groups is 1. The molecule has 0 fully saturated rings. The lowest BCUT2D eigenvalue weighted by Gasteiger charge is -2.10. The van der Waals surface area contributed by atoms with Gasteiger partial charge in [0, 0.05) is 24.0 Å². The smallest absolute Gasteiger partial charge is 0.248 e. The maximum Gasteiger partial charge on any atom is 0.248 e. The zero-order valence-corrected chi connectivity index (χ0v) is 13.7. The van der Waals surface area contributed by atoms with Gasteiger partial charge in [0.1, 0.15) is 0 Å². The molecule has 1 heterocycles. The van der Waals surface area contributed by atoms with Crippen LogP contribution in [0.3, 0.4) is 0 Å². The summed E-state index contributed by atoms with van der Waals surface area (Å²) in [6.45, 7) is 0.693. The number of aromatic nitrogens is 2. The number of rotatable bonds is 6. The molecule has 0 unspecified atom stereocenters. The number of aryl methyl sites for hydroxylation is 2. The first kappa shape index (κ1) is 16.5. The van der Waals surface area contributed by atoms with Crippen LogP contribution in [0, 0.1) is 11.3 Å². The number of imidazole rings is 1. The molecular formula is C20H18N4O. The number of nitrogens with zero attached hydrogens (tertiary/aromatic N) is 3. The molecule has 0 saturated carbocycles. The molecule has 124 valence electrons. The number of nitrogens with two attached hydrogens (primary N) is 1. The van der Waals surface area contributed by atoms with Crippen molar-refractivity contribution < 1.29 is 4.79 Å². The predicted octanol–water partition coefficient (Wildman–Crippen LogP) is 2.69. The van der Waals surface area contributed by atoms with Crippen molar-refractivity contribution >= 4 is 5.91 Å². The average Bonchev–Trinajstić information content (AvgIpc) is 3.08. The van der Waals surface area contributed by atoms with Crippen LogP contribution in [0.2, 0.25) is 0 Å². The van der Waals surface area contributed by atoms with Crippen molar-refractivity contribution in [2.24, 2.45) is 5.73 Å². The number of amides is 1. The minimum atomic E-state index is -0.401. The van der Waals surface area contributed by atoms with Gasteiger partial charge in [-0.15, -0.1) is 0 Å². The molecule has 0 bridgehead atoms. The molecule has 2 aromatic carbocycles. The van der Waals surface area contributed by atoms with Gasteiger partial charge in [-0.25, -0.2) is 4.98 Å². The first-order valence-corrected chi connectivity index (χ1v) is 8.03. The lowest BCUT2D eigenvalue weighted by Crippen LogP contribution is -2.14. The van der Waals surface area contributed by atoms with E-state index in [1.165, 1.54) is 0 Å². The Labute approximate surface area is 146 Å². The highest BCUT2D eigenvalue weighted by Gasteiger charge is 2.09. The Hall–Kier alpha value is -3.39. The predicted molar refractivity (Wildman–Crippen MR) is 94.9 cm³/mol. The molecule has 25 heavy (non-hydrogen) atoms. The average molecular weight is 330 g/mol. The number of hydrogen-bond donors (Lipinski definition) is 1. The third kappa shape index (κ3) is 3.93. The molecule has 5 heteroatoms. The van der Waals surface area contributed by atoms with E-state index in [9.17, 15) is 4.79 Å². The highest BCUT2D eigenvalue weighted by Crippen LogP contribution is 2.14. The SMILES string of the molecule is N#Cc1ccc(Cn2cncc2CCc2ccccc2C(N)=O)cc1. The van der Waals surface area contributed by atoms with Crippen molar-refractivity contribution in [3.63, 3.8) is 0 Å². The summed E-state index contributed by atoms with van der Waals surface area (Å²) in [6, 6.07) is 17.1. The molecule has 0 radical (unpaired) electrons. The van der Waals surface area contributed by atoms with E-state index < -0.39 is 5.91 Å². The van der Waals surface area contributed by atoms with Crippen LogP contribution in [0.1, 0.15) is 32.7 Å². The van der Waals surface area contributed by atoms with Crippen molar-refractivity contribution in [2.45, 2.75) is 19.4 Å². The van der Waals surface area contributed by atoms with Gasteiger partial charge in [-0.05, 0) is 42.2 Å². The summed E-state index contributed by atoms with van der Waals surface area (Å²) in [5.74, 6) is -0.401. The van der Waals surface area contributed by atoms with Gasteiger partial charge in [0.15, 0.2) is 0 Å². The number of carbonyl (C=O) groups excluding carboxylic acids is 1. The lowest BCUT2D eigenvalue weighted by atomic mass is 10.0. The van der Waals surface area contributed by atoms with Crippen molar-refractivity contribution in [1.82, 2.24) is 9.55 Å². The molecule has 3 aromatic rings. The summed E-state index contributed by atoms with van der Waals surface area (Å²) in [4.78, 5) is 15.8. The van der Waals surface area contributed by atoms with Gasteiger partial charge in [0.25, 0.3) is 0 Å². The van der Waals surface area contributed by atoms with Gasteiger partial charge in [0.05, 0.1) is 18.0 Å². The fourth-order valence-corrected chi connectivity index (χ4v) is 2.82. The van der Waals surface area contributed by atoms with Gasteiger partial charge in [0.2, 0.25) is 5.91 Å². The van der Waals surface area contributed by atoms with Crippen molar-refractivity contribution in [3.8, 4) is 6.07 Å². The first-order valence-electron chi connectivity index (χ1n) is 8.03. The monoisotopic (exact) mass is 330 g/mol. The molecule has 0 saturated heterocycles. The topological polar surface area (TPSA) is 84.7 Å². The van der Waals surface area contributed by atoms with Crippen LogP contribution in [0.25, 0.3) is 0 Å². The largest absolute Gasteiger partial charge is 0.366 e. The number of benzene rings is 2. The van der Waals surface area contributed by atoms with Crippen LogP contribution in [-0.4, -0.2) is 15.5 Å². The molecular weight excluding hydrogens is 312 g/mol. The lowest BCUT2D eigenvalue weighted by molar-refractivity contribution is 0.0999. The third-order valence-corrected chi connectivity index (χ3v) is 4.17. The van der Waals surface area contributed by atoms with Crippen molar-refractivity contribution in [3.05, 3.63) is 89.0 Å². The van der Waals surface area contributed by atoms with Crippen molar-refractivity contribution in [2.75, 3.05) is 0 Å². The molecule has 0 aliphatic heterocycles. The van der Waals surface area contributed by atoms with Gasteiger partial charge >= 0.3 is 0 Å². The molecule has 2 N–H and O–H groups in total. The zero-order valence-electron chi connectivity index (χ0n) is 13.7. The Morgan fingerprint density at radius 2 is 1.88 bits per heavy atom. The Morgan fingerprint density at radius 3 is 2.60 bits per heavy atom. The maximum absolute atomic E-state index is 11.5. The second-order valence-electron chi connectivity index (χ2n) is 5.84. The zero-order chi connectivity index (χ0) is 17.6. The fraction of sp³-hybridized carbons (Fsp3) is 0.150. The first-order chi connectivity index (χ1) is 12.2. The van der Waals surface area contributed by atoms with E-state index in [0.29, 0.717) is 17.7 Å². The van der Waals surface area contributed by atoms with E-state index in [0.717, 1.165) is 29.7 Å². The van der Waals surface area contributed by atoms with Crippen LogP contribution in [0.5, 0.6) is 0 Å². The quantitative estimate of drug-likeness (QED) is 0.754. The van der Waals surface area contributed by atoms with E-state index in [2.05, 4.69) is 15.6 Å². The van der Waals surface area contributed by atoms with E-state index in [-0.39, 0.29) is 0 Å². The van der Waals surface area contributed by atoms with E-state index in [1.807, 2.05) is 48.7 Å². The van der Waals surface area contributed by atoms with Gasteiger partial charge in [-0.1, -0.05) is 30.3 Å². The van der Waals surface area contributed by atoms with E-state index in [4.69, 9.17) is 11.0 Å². The third-order valence-electron chi connectivity index (χ3n) is 4.17. The highest BCUT2D eigenvalue weighted by atomic mass is 16.1. The molecule has 0 spiro atoms. The minimum absolute atomic E-state index is 0.401. The Morgan fingerprint density at radius 1 is 1.12 bits per heavy atom. The van der Waals surface area contributed by atoms with Crippen molar-refractivity contribution in [1.29, 1.82) is 5.26 Å². The van der Waals surface area contributed by atoms with Gasteiger partial charge in [-0.3, -0.25) is 4.79 Å². The summed E-state index contributed by atoms with van der Waals surface area (Å²) >= 11 is 0. The molecule has 3 rings (SSSR count).